The quantitative estimate of drug-likeness (QED) is 0.442. The van der Waals surface area contributed by atoms with Crippen LogP contribution in [0.3, 0.4) is 0 Å². The van der Waals surface area contributed by atoms with Crippen LogP contribution in [0.1, 0.15) is 12.0 Å². The summed E-state index contributed by atoms with van der Waals surface area (Å²) in [7, 11) is 2.07. The number of non-ortho nitro benzene ring substituents is 1. The van der Waals surface area contributed by atoms with Gasteiger partial charge in [0.15, 0.2) is 0 Å². The smallest absolute Gasteiger partial charge is 0.270 e. The fourth-order valence-electron chi connectivity index (χ4n) is 2.32. The average molecular weight is 335 g/mol. The maximum Gasteiger partial charge on any atom is 0.270 e. The lowest BCUT2D eigenvalue weighted by atomic mass is 10.2. The summed E-state index contributed by atoms with van der Waals surface area (Å²) in [6, 6.07) is 3.60. The predicted octanol–water partition coefficient (Wildman–Crippen LogP) is 0.388. The van der Waals surface area contributed by atoms with Crippen molar-refractivity contribution in [3.8, 4) is 5.75 Å². The number of phenols is 1. The molecule has 1 aliphatic rings. The first-order valence-corrected chi connectivity index (χ1v) is 7.66. The fraction of sp³-hybridized carbons (Fsp3) is 0.467. The number of benzene rings is 1. The topological polar surface area (TPSA) is 111 Å². The number of aromatic hydroxyl groups is 1. The monoisotopic (exact) mass is 335 g/mol. The van der Waals surface area contributed by atoms with E-state index in [0.29, 0.717) is 13.0 Å². The molecule has 1 heterocycles. The van der Waals surface area contributed by atoms with Crippen molar-refractivity contribution in [2.45, 2.75) is 6.42 Å². The van der Waals surface area contributed by atoms with E-state index in [9.17, 15) is 20.0 Å². The first-order valence-electron chi connectivity index (χ1n) is 7.66. The standard InChI is InChI=1S/C15H21N5O4/c1-18-6-8-19(9-7-18)5-4-15(22)17-16-11-12-10-13(20(23)24)2-3-14(12)21/h2-3,10-11,21H,4-9H2,1H3,(H,17,22)/b16-11+. The minimum atomic E-state index is -0.564. The largest absolute Gasteiger partial charge is 0.507 e. The molecule has 0 aliphatic carbocycles. The van der Waals surface area contributed by atoms with Crippen molar-refractivity contribution in [2.75, 3.05) is 39.8 Å². The Hall–Kier alpha value is -2.52. The third-order valence-electron chi connectivity index (χ3n) is 3.87. The number of nitrogens with zero attached hydrogens (tertiary/aromatic N) is 4. The third kappa shape index (κ3) is 5.28. The number of hydrogen-bond donors (Lipinski definition) is 2. The molecule has 1 amide bonds. The van der Waals surface area contributed by atoms with Crippen molar-refractivity contribution in [3.63, 3.8) is 0 Å². The van der Waals surface area contributed by atoms with E-state index in [1.165, 1.54) is 24.4 Å². The molecule has 1 saturated heterocycles. The summed E-state index contributed by atoms with van der Waals surface area (Å²) in [5, 5.41) is 24.1. The molecule has 0 radical (unpaired) electrons. The van der Waals surface area contributed by atoms with Gasteiger partial charge in [-0.3, -0.25) is 14.9 Å². The summed E-state index contributed by atoms with van der Waals surface area (Å²) >= 11 is 0. The van der Waals surface area contributed by atoms with Crippen LogP contribution in [0.2, 0.25) is 0 Å². The Morgan fingerprint density at radius 2 is 2.12 bits per heavy atom. The van der Waals surface area contributed by atoms with E-state index in [2.05, 4.69) is 27.4 Å². The van der Waals surface area contributed by atoms with Gasteiger partial charge in [-0.2, -0.15) is 5.10 Å². The van der Waals surface area contributed by atoms with Crippen LogP contribution in [0.25, 0.3) is 0 Å². The molecule has 1 aliphatic heterocycles. The molecule has 0 unspecified atom stereocenters. The van der Waals surface area contributed by atoms with E-state index >= 15 is 0 Å². The van der Waals surface area contributed by atoms with Crippen LogP contribution in [0.15, 0.2) is 23.3 Å². The zero-order chi connectivity index (χ0) is 17.5. The first kappa shape index (κ1) is 17.8. The SMILES string of the molecule is CN1CCN(CCC(=O)N/N=C/c2cc([N+](=O)[O-])ccc2O)CC1. The van der Waals surface area contributed by atoms with Gasteiger partial charge in [0.25, 0.3) is 5.69 Å². The average Bonchev–Trinajstić information content (AvgIpc) is 2.56. The Kier molecular flexibility index (Phi) is 6.21. The molecule has 0 aromatic heterocycles. The molecule has 0 atom stereocenters. The second-order valence-corrected chi connectivity index (χ2v) is 5.69. The minimum absolute atomic E-state index is 0.143. The van der Waals surface area contributed by atoms with Gasteiger partial charge in [0, 0.05) is 56.8 Å². The van der Waals surface area contributed by atoms with E-state index in [0.717, 1.165) is 26.2 Å². The number of nitrogens with one attached hydrogen (secondary N) is 1. The lowest BCUT2D eigenvalue weighted by molar-refractivity contribution is -0.384. The normalized spacial score (nSPS) is 16.4. The number of likely N-dealkylation sites (N-methyl/N-ethyl adjacent to an activating group) is 1. The van der Waals surface area contributed by atoms with Crippen LogP contribution in [-0.2, 0) is 4.79 Å². The van der Waals surface area contributed by atoms with Gasteiger partial charge in [0.1, 0.15) is 5.75 Å². The molecular formula is C15H21N5O4. The lowest BCUT2D eigenvalue weighted by Gasteiger charge is -2.32. The maximum atomic E-state index is 11.8. The Bertz CT molecular complexity index is 626. The lowest BCUT2D eigenvalue weighted by Crippen LogP contribution is -2.45. The summed E-state index contributed by atoms with van der Waals surface area (Å²) in [5.74, 6) is -0.383. The van der Waals surface area contributed by atoms with Crippen molar-refractivity contribution in [2.24, 2.45) is 5.10 Å². The van der Waals surface area contributed by atoms with Crippen LogP contribution in [0.5, 0.6) is 5.75 Å². The Morgan fingerprint density at radius 3 is 2.79 bits per heavy atom. The number of nitro benzene ring substituents is 1. The van der Waals surface area contributed by atoms with Crippen molar-refractivity contribution >= 4 is 17.8 Å². The third-order valence-corrected chi connectivity index (χ3v) is 3.87. The van der Waals surface area contributed by atoms with E-state index in [4.69, 9.17) is 0 Å². The summed E-state index contributed by atoms with van der Waals surface area (Å²) in [4.78, 5) is 26.4. The van der Waals surface area contributed by atoms with Crippen LogP contribution in [0, 0.1) is 10.1 Å². The van der Waals surface area contributed by atoms with E-state index in [-0.39, 0.29) is 22.9 Å². The number of nitro groups is 1. The molecule has 2 rings (SSSR count). The molecule has 24 heavy (non-hydrogen) atoms. The second-order valence-electron chi connectivity index (χ2n) is 5.69. The Morgan fingerprint density at radius 1 is 1.42 bits per heavy atom. The Balaban J connectivity index is 1.80. The van der Waals surface area contributed by atoms with Gasteiger partial charge in [-0.05, 0) is 13.1 Å². The van der Waals surface area contributed by atoms with E-state index in [1.54, 1.807) is 0 Å². The highest BCUT2D eigenvalue weighted by atomic mass is 16.6. The van der Waals surface area contributed by atoms with Gasteiger partial charge in [-0.1, -0.05) is 0 Å². The highest BCUT2D eigenvalue weighted by Gasteiger charge is 2.14. The summed E-state index contributed by atoms with van der Waals surface area (Å²) < 4.78 is 0. The molecule has 130 valence electrons. The Labute approximate surface area is 139 Å². The number of rotatable bonds is 6. The van der Waals surface area contributed by atoms with Crippen molar-refractivity contribution in [1.82, 2.24) is 15.2 Å². The van der Waals surface area contributed by atoms with E-state index in [1.807, 2.05) is 0 Å². The molecule has 1 aromatic rings. The predicted molar refractivity (Wildman–Crippen MR) is 89.1 cm³/mol. The molecule has 1 aromatic carbocycles. The van der Waals surface area contributed by atoms with Gasteiger partial charge < -0.3 is 14.9 Å². The number of amides is 1. The molecule has 9 nitrogen and oxygen atoms in total. The second kappa shape index (κ2) is 8.37. The van der Waals surface area contributed by atoms with Gasteiger partial charge in [-0.25, -0.2) is 5.43 Å². The van der Waals surface area contributed by atoms with Gasteiger partial charge in [0.2, 0.25) is 5.91 Å². The first-order chi connectivity index (χ1) is 11.5. The van der Waals surface area contributed by atoms with Crippen LogP contribution < -0.4 is 5.43 Å². The molecular weight excluding hydrogens is 314 g/mol. The van der Waals surface area contributed by atoms with Gasteiger partial charge in [-0.15, -0.1) is 0 Å². The van der Waals surface area contributed by atoms with Crippen molar-refractivity contribution < 1.29 is 14.8 Å². The zero-order valence-electron chi connectivity index (χ0n) is 13.5. The highest BCUT2D eigenvalue weighted by Crippen LogP contribution is 2.21. The van der Waals surface area contributed by atoms with Gasteiger partial charge in [0.05, 0.1) is 11.1 Å². The summed E-state index contributed by atoms with van der Waals surface area (Å²) in [5.41, 5.74) is 2.38. The van der Waals surface area contributed by atoms with Crippen LogP contribution in [0.4, 0.5) is 5.69 Å². The molecule has 0 saturated carbocycles. The molecule has 0 spiro atoms. The molecule has 0 bridgehead atoms. The number of phenolic OH excluding ortho intramolecular Hbond substituents is 1. The highest BCUT2D eigenvalue weighted by molar-refractivity contribution is 5.86. The van der Waals surface area contributed by atoms with Gasteiger partial charge >= 0.3 is 0 Å². The number of hydrogen-bond acceptors (Lipinski definition) is 7. The number of carbonyl (C=O) groups excluding carboxylic acids is 1. The van der Waals surface area contributed by atoms with Crippen molar-refractivity contribution in [3.05, 3.63) is 33.9 Å². The summed E-state index contributed by atoms with van der Waals surface area (Å²) in [6.07, 6.45) is 1.51. The van der Waals surface area contributed by atoms with E-state index < -0.39 is 4.92 Å². The fourth-order valence-corrected chi connectivity index (χ4v) is 2.32. The molecule has 1 fully saturated rings. The maximum absolute atomic E-state index is 11.8. The number of hydrazone groups is 1. The minimum Gasteiger partial charge on any atom is -0.507 e. The van der Waals surface area contributed by atoms with Crippen molar-refractivity contribution in [1.29, 1.82) is 0 Å². The van der Waals surface area contributed by atoms with Crippen LogP contribution in [-0.4, -0.2) is 71.7 Å². The molecule has 2 N–H and O–H groups in total. The van der Waals surface area contributed by atoms with Crippen LogP contribution >= 0.6 is 0 Å². The number of piperazine rings is 1. The summed E-state index contributed by atoms with van der Waals surface area (Å²) in [6.45, 7) is 4.53. The zero-order valence-corrected chi connectivity index (χ0v) is 13.5. The molecule has 9 heteroatoms. The number of carbonyl (C=O) groups is 1.